The van der Waals surface area contributed by atoms with Crippen LogP contribution in [0.5, 0.6) is 0 Å². The number of aryl methyl sites for hydroxylation is 2. The van der Waals surface area contributed by atoms with Gasteiger partial charge in [-0.25, -0.2) is 0 Å². The van der Waals surface area contributed by atoms with Crippen molar-refractivity contribution < 1.29 is 14.4 Å². The Balaban J connectivity index is 1.52. The monoisotopic (exact) mass is 384 g/mol. The highest BCUT2D eigenvalue weighted by Gasteiger charge is 2.28. The molecule has 1 aromatic carbocycles. The number of rotatable bonds is 4. The molecule has 0 amide bonds. The van der Waals surface area contributed by atoms with Gasteiger partial charge in [0.05, 0.1) is 6.42 Å². The standard InChI is InChI=1S/C21H17BN4O3/c1-10-6-13(8-17(22)23-10)21-25-20(26-29-21)12-3-5-16-15(7-12)14-4-2-11(9-18(27)28)19(14)24-16/h3,5-8,11,24H,2,4,9H2,1H3,(H,27,28). The number of H-pyrrole nitrogens is 1. The van der Waals surface area contributed by atoms with Gasteiger partial charge in [-0.3, -0.25) is 9.78 Å². The van der Waals surface area contributed by atoms with E-state index in [4.69, 9.17) is 17.5 Å². The minimum atomic E-state index is -0.770. The van der Waals surface area contributed by atoms with Crippen LogP contribution in [0.1, 0.15) is 35.7 Å². The van der Waals surface area contributed by atoms with Crippen LogP contribution in [0.2, 0.25) is 0 Å². The third kappa shape index (κ3) is 3.10. The molecule has 0 fully saturated rings. The van der Waals surface area contributed by atoms with Crippen molar-refractivity contribution in [1.82, 2.24) is 20.1 Å². The molecule has 0 saturated heterocycles. The van der Waals surface area contributed by atoms with Crippen LogP contribution in [-0.2, 0) is 11.2 Å². The fraction of sp³-hybridized carbons (Fsp3) is 0.238. The van der Waals surface area contributed by atoms with E-state index in [1.165, 1.54) is 5.56 Å². The maximum atomic E-state index is 11.1. The quantitative estimate of drug-likeness (QED) is 0.525. The first-order chi connectivity index (χ1) is 14.0. The fourth-order valence-corrected chi connectivity index (χ4v) is 4.18. The van der Waals surface area contributed by atoms with E-state index in [-0.39, 0.29) is 12.3 Å². The van der Waals surface area contributed by atoms with Gasteiger partial charge >= 0.3 is 5.97 Å². The number of nitrogens with one attached hydrogen (secondary N) is 1. The van der Waals surface area contributed by atoms with Gasteiger partial charge < -0.3 is 14.6 Å². The van der Waals surface area contributed by atoms with Crippen molar-refractivity contribution in [3.05, 3.63) is 47.3 Å². The van der Waals surface area contributed by atoms with E-state index in [0.29, 0.717) is 17.3 Å². The molecule has 2 radical (unpaired) electrons. The van der Waals surface area contributed by atoms with E-state index in [0.717, 1.165) is 46.3 Å². The SMILES string of the molecule is [B]c1cc(-c2nc(-c3ccc4[nH]c5c(c4c3)CCC5CC(=O)O)no2)cc(C)n1. The molecular formula is C21H17BN4O3. The molecule has 0 saturated carbocycles. The number of hydrogen-bond donors (Lipinski definition) is 2. The average molecular weight is 384 g/mol. The lowest BCUT2D eigenvalue weighted by atomic mass is 10.0. The molecule has 142 valence electrons. The Morgan fingerprint density at radius 3 is 2.93 bits per heavy atom. The van der Waals surface area contributed by atoms with Gasteiger partial charge in [0.1, 0.15) is 7.85 Å². The highest BCUT2D eigenvalue weighted by Crippen LogP contribution is 2.40. The molecule has 1 unspecified atom stereocenters. The maximum Gasteiger partial charge on any atom is 0.304 e. The van der Waals surface area contributed by atoms with Crippen LogP contribution in [0.25, 0.3) is 33.7 Å². The summed E-state index contributed by atoms with van der Waals surface area (Å²) in [5.41, 5.74) is 5.98. The Labute approximate surface area is 167 Å². The number of aliphatic carboxylic acids is 1. The number of carboxylic acid groups (broad SMARTS) is 1. The van der Waals surface area contributed by atoms with Crippen LogP contribution in [0.4, 0.5) is 0 Å². The molecule has 1 aliphatic carbocycles. The summed E-state index contributed by atoms with van der Waals surface area (Å²) in [5.74, 6) is 0.145. The van der Waals surface area contributed by atoms with Crippen LogP contribution in [0.15, 0.2) is 34.9 Å². The molecule has 5 rings (SSSR count). The molecule has 1 atom stereocenters. The normalized spacial score (nSPS) is 15.7. The zero-order chi connectivity index (χ0) is 20.1. The van der Waals surface area contributed by atoms with Gasteiger partial charge in [0, 0.05) is 39.3 Å². The zero-order valence-electron chi connectivity index (χ0n) is 15.8. The Bertz CT molecular complexity index is 1240. The van der Waals surface area contributed by atoms with Crippen molar-refractivity contribution in [2.75, 3.05) is 0 Å². The first kappa shape index (κ1) is 17.7. The van der Waals surface area contributed by atoms with Gasteiger partial charge in [0.15, 0.2) is 0 Å². The van der Waals surface area contributed by atoms with Gasteiger partial charge in [-0.1, -0.05) is 5.16 Å². The van der Waals surface area contributed by atoms with Gasteiger partial charge in [-0.05, 0) is 61.3 Å². The fourth-order valence-electron chi connectivity index (χ4n) is 4.18. The number of carbonyl (C=O) groups is 1. The third-order valence-corrected chi connectivity index (χ3v) is 5.42. The molecule has 29 heavy (non-hydrogen) atoms. The summed E-state index contributed by atoms with van der Waals surface area (Å²) in [6, 6.07) is 9.49. The second kappa shape index (κ2) is 6.58. The lowest BCUT2D eigenvalue weighted by Gasteiger charge is -2.05. The molecule has 1 aliphatic rings. The third-order valence-electron chi connectivity index (χ3n) is 5.42. The number of carboxylic acids is 1. The van der Waals surface area contributed by atoms with Crippen molar-refractivity contribution in [1.29, 1.82) is 0 Å². The van der Waals surface area contributed by atoms with E-state index >= 15 is 0 Å². The van der Waals surface area contributed by atoms with Crippen molar-refractivity contribution in [2.45, 2.75) is 32.1 Å². The highest BCUT2D eigenvalue weighted by molar-refractivity contribution is 6.30. The lowest BCUT2D eigenvalue weighted by molar-refractivity contribution is -0.137. The van der Waals surface area contributed by atoms with Crippen molar-refractivity contribution in [3.8, 4) is 22.8 Å². The minimum absolute atomic E-state index is 0.0375. The highest BCUT2D eigenvalue weighted by atomic mass is 16.5. The number of fused-ring (bicyclic) bond motifs is 3. The van der Waals surface area contributed by atoms with Crippen LogP contribution < -0.4 is 5.59 Å². The lowest BCUT2D eigenvalue weighted by Crippen LogP contribution is -2.09. The Morgan fingerprint density at radius 2 is 2.14 bits per heavy atom. The number of benzene rings is 1. The summed E-state index contributed by atoms with van der Waals surface area (Å²) in [7, 11) is 5.82. The van der Waals surface area contributed by atoms with E-state index in [2.05, 4.69) is 20.1 Å². The van der Waals surface area contributed by atoms with Crippen LogP contribution in [0.3, 0.4) is 0 Å². The molecule has 8 heteroatoms. The number of nitrogens with zero attached hydrogens (tertiary/aromatic N) is 3. The molecule has 2 N–H and O–H groups in total. The summed E-state index contributed by atoms with van der Waals surface area (Å²) in [6.07, 6.45) is 1.86. The van der Waals surface area contributed by atoms with E-state index in [1.54, 1.807) is 6.07 Å². The van der Waals surface area contributed by atoms with E-state index < -0.39 is 5.97 Å². The number of hydrogen-bond acceptors (Lipinski definition) is 5. The second-order valence-corrected chi connectivity index (χ2v) is 7.46. The van der Waals surface area contributed by atoms with E-state index in [9.17, 15) is 4.79 Å². The minimum Gasteiger partial charge on any atom is -0.481 e. The first-order valence-corrected chi connectivity index (χ1v) is 9.43. The molecule has 4 aromatic rings. The topological polar surface area (TPSA) is 105 Å². The maximum absolute atomic E-state index is 11.1. The number of aromatic amines is 1. The summed E-state index contributed by atoms with van der Waals surface area (Å²) < 4.78 is 5.44. The van der Waals surface area contributed by atoms with Crippen LogP contribution >= 0.6 is 0 Å². The van der Waals surface area contributed by atoms with Crippen LogP contribution in [0, 0.1) is 6.92 Å². The zero-order valence-corrected chi connectivity index (χ0v) is 15.8. The Morgan fingerprint density at radius 1 is 1.28 bits per heavy atom. The van der Waals surface area contributed by atoms with Gasteiger partial charge in [-0.15, -0.1) is 0 Å². The smallest absolute Gasteiger partial charge is 0.304 e. The molecule has 7 nitrogen and oxygen atoms in total. The predicted molar refractivity (Wildman–Crippen MR) is 108 cm³/mol. The summed E-state index contributed by atoms with van der Waals surface area (Å²) in [6.45, 7) is 1.86. The first-order valence-electron chi connectivity index (χ1n) is 9.43. The van der Waals surface area contributed by atoms with Gasteiger partial charge in [0.2, 0.25) is 5.82 Å². The van der Waals surface area contributed by atoms with Gasteiger partial charge in [-0.2, -0.15) is 4.98 Å². The van der Waals surface area contributed by atoms with Crippen molar-refractivity contribution in [3.63, 3.8) is 0 Å². The number of pyridine rings is 1. The second-order valence-electron chi connectivity index (χ2n) is 7.46. The molecule has 0 spiro atoms. The molecule has 0 bridgehead atoms. The van der Waals surface area contributed by atoms with Crippen molar-refractivity contribution in [2.24, 2.45) is 0 Å². The molecule has 3 aromatic heterocycles. The summed E-state index contributed by atoms with van der Waals surface area (Å²) in [4.78, 5) is 23.2. The van der Waals surface area contributed by atoms with Gasteiger partial charge in [0.25, 0.3) is 5.89 Å². The molecule has 3 heterocycles. The summed E-state index contributed by atoms with van der Waals surface area (Å²) >= 11 is 0. The number of aromatic nitrogens is 4. The summed E-state index contributed by atoms with van der Waals surface area (Å²) in [5, 5.41) is 14.4. The van der Waals surface area contributed by atoms with Crippen LogP contribution in [-0.4, -0.2) is 39.0 Å². The predicted octanol–water partition coefficient (Wildman–Crippen LogP) is 2.89. The van der Waals surface area contributed by atoms with Crippen molar-refractivity contribution >= 4 is 30.3 Å². The molecule has 0 aliphatic heterocycles. The average Bonchev–Trinajstić information content (AvgIpc) is 3.36. The Kier molecular flexibility index (Phi) is 4.01. The largest absolute Gasteiger partial charge is 0.481 e. The Hall–Kier alpha value is -3.42. The molecular weight excluding hydrogens is 367 g/mol. The van der Waals surface area contributed by atoms with E-state index in [1.807, 2.05) is 31.2 Å².